The molecule has 28 heavy (non-hydrogen) atoms. The quantitative estimate of drug-likeness (QED) is 0.772. The van der Waals surface area contributed by atoms with Gasteiger partial charge >= 0.3 is 0 Å². The molecule has 1 amide bonds. The molecule has 0 N–H and O–H groups in total. The molecule has 0 saturated carbocycles. The second-order valence-electron chi connectivity index (χ2n) is 7.34. The van der Waals surface area contributed by atoms with E-state index in [1.807, 2.05) is 67.3 Å². The van der Waals surface area contributed by atoms with Crippen LogP contribution in [0.15, 0.2) is 53.5 Å². The van der Waals surface area contributed by atoms with Crippen LogP contribution in [0, 0.1) is 13.8 Å². The standard InChI is InChI=1S/C21H22N2O3S2/c1-14-7-6-10-17(15(14)2)23-18-12-28(25,26)13-19(18)27-21(23)22-20(24)11-16-8-4-3-5-9-16/h3-10,18-19H,11-13H2,1-2H3/t18-,19-/m0/s1. The van der Waals surface area contributed by atoms with Crippen LogP contribution in [0.2, 0.25) is 0 Å². The fraction of sp³-hybridized carbons (Fsp3) is 0.333. The summed E-state index contributed by atoms with van der Waals surface area (Å²) in [6.07, 6.45) is 0.235. The molecule has 7 heteroatoms. The number of aryl methyl sites for hydroxylation is 1. The van der Waals surface area contributed by atoms with Crippen molar-refractivity contribution in [2.24, 2.45) is 4.99 Å². The third kappa shape index (κ3) is 3.73. The average molecular weight is 415 g/mol. The average Bonchev–Trinajstić information content (AvgIpc) is 3.09. The predicted octanol–water partition coefficient (Wildman–Crippen LogP) is 3.15. The van der Waals surface area contributed by atoms with E-state index in [0.717, 1.165) is 22.4 Å². The number of rotatable bonds is 3. The van der Waals surface area contributed by atoms with Gasteiger partial charge in [-0.1, -0.05) is 54.2 Å². The first-order chi connectivity index (χ1) is 13.3. The Hall–Kier alpha value is -2.12. The lowest BCUT2D eigenvalue weighted by molar-refractivity contribution is -0.117. The molecule has 146 valence electrons. The van der Waals surface area contributed by atoms with Crippen LogP contribution in [0.25, 0.3) is 0 Å². The highest BCUT2D eigenvalue weighted by atomic mass is 32.2. The molecule has 0 bridgehead atoms. The summed E-state index contributed by atoms with van der Waals surface area (Å²) in [5, 5.41) is 0.521. The summed E-state index contributed by atoms with van der Waals surface area (Å²) in [4.78, 5) is 19.0. The zero-order valence-electron chi connectivity index (χ0n) is 15.8. The molecular weight excluding hydrogens is 392 g/mol. The van der Waals surface area contributed by atoms with Crippen molar-refractivity contribution in [3.63, 3.8) is 0 Å². The Morgan fingerprint density at radius 2 is 1.86 bits per heavy atom. The van der Waals surface area contributed by atoms with E-state index in [-0.39, 0.29) is 35.1 Å². The Morgan fingerprint density at radius 3 is 2.61 bits per heavy atom. The van der Waals surface area contributed by atoms with Crippen LogP contribution in [-0.4, -0.2) is 42.3 Å². The van der Waals surface area contributed by atoms with E-state index in [1.54, 1.807) is 0 Å². The number of hydrogen-bond acceptors (Lipinski definition) is 4. The molecule has 0 aliphatic carbocycles. The highest BCUT2D eigenvalue weighted by molar-refractivity contribution is 8.16. The number of carbonyl (C=O) groups is 1. The highest BCUT2D eigenvalue weighted by Crippen LogP contribution is 2.42. The summed E-state index contributed by atoms with van der Waals surface area (Å²) in [5.74, 6) is 0.0198. The molecule has 2 fully saturated rings. The lowest BCUT2D eigenvalue weighted by Gasteiger charge is -2.26. The molecule has 2 saturated heterocycles. The van der Waals surface area contributed by atoms with Crippen LogP contribution in [0.5, 0.6) is 0 Å². The van der Waals surface area contributed by atoms with Crippen molar-refractivity contribution in [1.29, 1.82) is 0 Å². The summed E-state index contributed by atoms with van der Waals surface area (Å²) >= 11 is 1.42. The van der Waals surface area contributed by atoms with Gasteiger partial charge < -0.3 is 4.90 Å². The molecule has 2 aromatic rings. The minimum absolute atomic E-state index is 0.0896. The fourth-order valence-electron chi connectivity index (χ4n) is 3.76. The van der Waals surface area contributed by atoms with Crippen molar-refractivity contribution in [3.8, 4) is 0 Å². The normalized spacial score (nSPS) is 24.5. The van der Waals surface area contributed by atoms with Gasteiger partial charge in [0.1, 0.15) is 0 Å². The summed E-state index contributed by atoms with van der Waals surface area (Å²) < 4.78 is 24.4. The largest absolute Gasteiger partial charge is 0.315 e. The Morgan fingerprint density at radius 1 is 1.11 bits per heavy atom. The lowest BCUT2D eigenvalue weighted by atomic mass is 10.1. The van der Waals surface area contributed by atoms with Gasteiger partial charge in [0.25, 0.3) is 5.91 Å². The molecule has 0 unspecified atom stereocenters. The molecule has 5 nitrogen and oxygen atoms in total. The van der Waals surface area contributed by atoms with Gasteiger partial charge in [-0.2, -0.15) is 4.99 Å². The molecule has 0 spiro atoms. The molecule has 2 atom stereocenters. The number of carbonyl (C=O) groups excluding carboxylic acids is 1. The maximum absolute atomic E-state index is 12.6. The van der Waals surface area contributed by atoms with E-state index in [4.69, 9.17) is 0 Å². The van der Waals surface area contributed by atoms with Crippen molar-refractivity contribution in [2.45, 2.75) is 31.6 Å². The summed E-state index contributed by atoms with van der Waals surface area (Å²) in [5.41, 5.74) is 4.06. The maximum atomic E-state index is 12.6. The predicted molar refractivity (Wildman–Crippen MR) is 115 cm³/mol. The topological polar surface area (TPSA) is 66.8 Å². The maximum Gasteiger partial charge on any atom is 0.252 e. The number of amides is 1. The van der Waals surface area contributed by atoms with Crippen molar-refractivity contribution in [2.75, 3.05) is 16.4 Å². The van der Waals surface area contributed by atoms with E-state index in [1.165, 1.54) is 11.8 Å². The molecular formula is C21H22N2O3S2. The third-order valence-electron chi connectivity index (χ3n) is 5.32. The Kier molecular flexibility index (Phi) is 5.05. The number of fused-ring (bicyclic) bond motifs is 1. The smallest absolute Gasteiger partial charge is 0.252 e. The molecule has 2 aromatic carbocycles. The first-order valence-corrected chi connectivity index (χ1v) is 11.9. The van der Waals surface area contributed by atoms with Crippen molar-refractivity contribution in [3.05, 3.63) is 65.2 Å². The van der Waals surface area contributed by atoms with Crippen molar-refractivity contribution < 1.29 is 13.2 Å². The van der Waals surface area contributed by atoms with Crippen LogP contribution >= 0.6 is 11.8 Å². The second-order valence-corrected chi connectivity index (χ2v) is 10.7. The second kappa shape index (κ2) is 7.37. The van der Waals surface area contributed by atoms with Crippen molar-refractivity contribution in [1.82, 2.24) is 0 Å². The SMILES string of the molecule is Cc1cccc(N2C(=NC(=O)Cc3ccccc3)S[C@H]3CS(=O)(=O)C[C@@H]32)c1C. The number of hydrogen-bond donors (Lipinski definition) is 0. The Bertz CT molecular complexity index is 1050. The van der Waals surface area contributed by atoms with Crippen LogP contribution in [0.4, 0.5) is 5.69 Å². The highest BCUT2D eigenvalue weighted by Gasteiger charge is 2.49. The van der Waals surface area contributed by atoms with Gasteiger partial charge in [0.05, 0.1) is 24.0 Å². The summed E-state index contributed by atoms with van der Waals surface area (Å²) in [6.45, 7) is 4.05. The lowest BCUT2D eigenvalue weighted by Crippen LogP contribution is -2.38. The number of thioether (sulfide) groups is 1. The number of sulfone groups is 1. The van der Waals surface area contributed by atoms with Gasteiger partial charge in [-0.3, -0.25) is 4.79 Å². The molecule has 2 aliphatic rings. The van der Waals surface area contributed by atoms with E-state index in [9.17, 15) is 13.2 Å². The first kappa shape index (κ1) is 19.2. The number of anilines is 1. The monoisotopic (exact) mass is 414 g/mol. The van der Waals surface area contributed by atoms with Crippen LogP contribution < -0.4 is 4.90 Å². The van der Waals surface area contributed by atoms with Gasteiger partial charge in [-0.05, 0) is 36.6 Å². The fourth-order valence-corrected chi connectivity index (χ4v) is 7.68. The van der Waals surface area contributed by atoms with Gasteiger partial charge in [0, 0.05) is 10.9 Å². The van der Waals surface area contributed by atoms with Crippen molar-refractivity contribution >= 4 is 38.4 Å². The number of amidine groups is 1. The van der Waals surface area contributed by atoms with E-state index >= 15 is 0 Å². The molecule has 2 heterocycles. The number of nitrogens with zero attached hydrogens (tertiary/aromatic N) is 2. The zero-order chi connectivity index (χ0) is 19.9. The Balaban J connectivity index is 1.69. The molecule has 0 aromatic heterocycles. The summed E-state index contributed by atoms with van der Waals surface area (Å²) in [6, 6.07) is 15.3. The van der Waals surface area contributed by atoms with Gasteiger partial charge in [0.15, 0.2) is 15.0 Å². The zero-order valence-corrected chi connectivity index (χ0v) is 17.5. The number of aliphatic imine (C=N–C) groups is 1. The van der Waals surface area contributed by atoms with E-state index < -0.39 is 9.84 Å². The third-order valence-corrected chi connectivity index (χ3v) is 8.53. The van der Waals surface area contributed by atoms with Crippen LogP contribution in [0.3, 0.4) is 0 Å². The molecule has 4 rings (SSSR count). The van der Waals surface area contributed by atoms with E-state index in [0.29, 0.717) is 5.17 Å². The minimum Gasteiger partial charge on any atom is -0.315 e. The van der Waals surface area contributed by atoms with Crippen LogP contribution in [0.1, 0.15) is 16.7 Å². The van der Waals surface area contributed by atoms with Gasteiger partial charge in [-0.25, -0.2) is 8.42 Å². The minimum atomic E-state index is -3.07. The first-order valence-electron chi connectivity index (χ1n) is 9.22. The van der Waals surface area contributed by atoms with Gasteiger partial charge in [0.2, 0.25) is 0 Å². The van der Waals surface area contributed by atoms with E-state index in [2.05, 4.69) is 4.99 Å². The number of benzene rings is 2. The Labute approximate surface area is 169 Å². The van der Waals surface area contributed by atoms with Crippen LogP contribution in [-0.2, 0) is 21.1 Å². The van der Waals surface area contributed by atoms with Gasteiger partial charge in [-0.15, -0.1) is 0 Å². The molecule has 2 aliphatic heterocycles. The summed E-state index contributed by atoms with van der Waals surface area (Å²) in [7, 11) is -3.07. The molecule has 0 radical (unpaired) electrons.